The molecule has 78 valence electrons. The van der Waals surface area contributed by atoms with Gasteiger partial charge in [0.25, 0.3) is 0 Å². The molecule has 1 fully saturated rings. The number of aliphatic hydroxyl groups excluding tert-OH is 1. The first-order valence-corrected chi connectivity index (χ1v) is 5.48. The van der Waals surface area contributed by atoms with Crippen LogP contribution >= 0.6 is 0 Å². The van der Waals surface area contributed by atoms with E-state index >= 15 is 0 Å². The van der Waals surface area contributed by atoms with E-state index < -0.39 is 0 Å². The fourth-order valence-electron chi connectivity index (χ4n) is 2.34. The van der Waals surface area contributed by atoms with Crippen molar-refractivity contribution in [3.8, 4) is 0 Å². The molecule has 1 heterocycles. The molecule has 1 aliphatic heterocycles. The quantitative estimate of drug-likeness (QED) is 0.724. The Morgan fingerprint density at radius 2 is 1.85 bits per heavy atom. The van der Waals surface area contributed by atoms with Crippen LogP contribution < -0.4 is 0 Å². The Morgan fingerprint density at radius 1 is 1.31 bits per heavy atom. The predicted molar refractivity (Wildman–Crippen MR) is 55.7 cm³/mol. The molecule has 1 N–H and O–H groups in total. The molecule has 0 radical (unpaired) electrons. The van der Waals surface area contributed by atoms with Crippen molar-refractivity contribution in [1.29, 1.82) is 0 Å². The van der Waals surface area contributed by atoms with Crippen LogP contribution in [0.2, 0.25) is 0 Å². The lowest BCUT2D eigenvalue weighted by atomic mass is 9.92. The Kier molecular flexibility index (Phi) is 4.20. The summed E-state index contributed by atoms with van der Waals surface area (Å²) in [5.41, 5.74) is 0. The second-order valence-electron chi connectivity index (χ2n) is 4.84. The number of rotatable bonds is 3. The second kappa shape index (κ2) is 4.97. The van der Waals surface area contributed by atoms with Crippen molar-refractivity contribution < 1.29 is 5.11 Å². The summed E-state index contributed by atoms with van der Waals surface area (Å²) in [6, 6.07) is 0. The Hall–Kier alpha value is -0.0800. The van der Waals surface area contributed by atoms with E-state index in [1.807, 2.05) is 6.92 Å². The normalized spacial score (nSPS) is 33.2. The Bertz CT molecular complexity index is 137. The maximum Gasteiger partial charge on any atom is 0.0524 e. The summed E-state index contributed by atoms with van der Waals surface area (Å²) in [5, 5.41) is 9.19. The minimum absolute atomic E-state index is 0.146. The van der Waals surface area contributed by atoms with Gasteiger partial charge in [-0.05, 0) is 31.6 Å². The maximum absolute atomic E-state index is 9.19. The number of likely N-dealkylation sites (tertiary alicyclic amines) is 1. The minimum Gasteiger partial charge on any atom is -0.393 e. The summed E-state index contributed by atoms with van der Waals surface area (Å²) in [4.78, 5) is 2.49. The summed E-state index contributed by atoms with van der Waals surface area (Å²) < 4.78 is 0. The summed E-state index contributed by atoms with van der Waals surface area (Å²) in [6.45, 7) is 10.0. The van der Waals surface area contributed by atoms with Crippen LogP contribution in [0.15, 0.2) is 0 Å². The van der Waals surface area contributed by atoms with Crippen molar-refractivity contribution in [3.63, 3.8) is 0 Å². The van der Waals surface area contributed by atoms with Crippen LogP contribution in [0.3, 0.4) is 0 Å². The molecule has 0 saturated carbocycles. The van der Waals surface area contributed by atoms with E-state index in [0.29, 0.717) is 0 Å². The zero-order valence-corrected chi connectivity index (χ0v) is 9.16. The van der Waals surface area contributed by atoms with Crippen molar-refractivity contribution in [2.75, 3.05) is 19.6 Å². The molecule has 1 saturated heterocycles. The Balaban J connectivity index is 2.25. The average molecular weight is 185 g/mol. The molecule has 0 spiro atoms. The van der Waals surface area contributed by atoms with Crippen LogP contribution in [-0.4, -0.2) is 35.7 Å². The molecule has 2 nitrogen and oxygen atoms in total. The Labute approximate surface area is 81.9 Å². The lowest BCUT2D eigenvalue weighted by Crippen LogP contribution is -2.39. The van der Waals surface area contributed by atoms with Crippen molar-refractivity contribution in [1.82, 2.24) is 4.90 Å². The lowest BCUT2D eigenvalue weighted by Gasteiger charge is -2.35. The van der Waals surface area contributed by atoms with Crippen LogP contribution in [0.1, 0.15) is 33.6 Å². The van der Waals surface area contributed by atoms with Gasteiger partial charge in [-0.3, -0.25) is 0 Å². The number of hydrogen-bond acceptors (Lipinski definition) is 2. The topological polar surface area (TPSA) is 23.5 Å². The van der Waals surface area contributed by atoms with E-state index in [4.69, 9.17) is 0 Å². The molecule has 3 unspecified atom stereocenters. The van der Waals surface area contributed by atoms with E-state index in [1.54, 1.807) is 0 Å². The van der Waals surface area contributed by atoms with Gasteiger partial charge in [0.15, 0.2) is 0 Å². The number of nitrogens with zero attached hydrogens (tertiary/aromatic N) is 1. The molecule has 0 aromatic carbocycles. The molecule has 0 amide bonds. The number of hydrogen-bond donors (Lipinski definition) is 1. The molecular weight excluding hydrogens is 162 g/mol. The van der Waals surface area contributed by atoms with Gasteiger partial charge in [-0.1, -0.05) is 13.8 Å². The third kappa shape index (κ3) is 4.10. The highest BCUT2D eigenvalue weighted by Crippen LogP contribution is 2.20. The predicted octanol–water partition coefficient (Wildman–Crippen LogP) is 1.74. The van der Waals surface area contributed by atoms with Gasteiger partial charge in [0, 0.05) is 19.6 Å². The largest absolute Gasteiger partial charge is 0.393 e. The molecule has 0 aromatic heterocycles. The second-order valence-corrected chi connectivity index (χ2v) is 4.84. The van der Waals surface area contributed by atoms with Crippen molar-refractivity contribution >= 4 is 0 Å². The lowest BCUT2D eigenvalue weighted by molar-refractivity contribution is 0.109. The molecule has 0 aromatic rings. The summed E-state index contributed by atoms with van der Waals surface area (Å²) in [5.74, 6) is 1.66. The van der Waals surface area contributed by atoms with Crippen LogP contribution in [0.4, 0.5) is 0 Å². The molecule has 2 heteroatoms. The number of aliphatic hydroxyl groups is 1. The molecule has 1 rings (SSSR count). The Morgan fingerprint density at radius 3 is 2.31 bits per heavy atom. The van der Waals surface area contributed by atoms with Gasteiger partial charge >= 0.3 is 0 Å². The molecule has 0 bridgehead atoms. The van der Waals surface area contributed by atoms with Crippen molar-refractivity contribution in [2.45, 2.75) is 39.7 Å². The minimum atomic E-state index is -0.146. The standard InChI is InChI=1S/C11H23NO/c1-9-6-10(2)8-12(7-9)5-4-11(3)13/h9-11,13H,4-8H2,1-3H3. The van der Waals surface area contributed by atoms with Crippen LogP contribution in [0, 0.1) is 11.8 Å². The van der Waals surface area contributed by atoms with Gasteiger partial charge in [-0.2, -0.15) is 0 Å². The highest BCUT2D eigenvalue weighted by molar-refractivity contribution is 4.74. The van der Waals surface area contributed by atoms with Gasteiger partial charge in [0.05, 0.1) is 6.10 Å². The first-order chi connectivity index (χ1) is 6.08. The van der Waals surface area contributed by atoms with Crippen molar-refractivity contribution in [3.05, 3.63) is 0 Å². The van der Waals surface area contributed by atoms with Gasteiger partial charge in [0.1, 0.15) is 0 Å². The van der Waals surface area contributed by atoms with Crippen LogP contribution in [0.5, 0.6) is 0 Å². The van der Waals surface area contributed by atoms with Crippen LogP contribution in [0.25, 0.3) is 0 Å². The third-order valence-electron chi connectivity index (χ3n) is 2.81. The summed E-state index contributed by atoms with van der Waals surface area (Å²) in [7, 11) is 0. The zero-order chi connectivity index (χ0) is 9.84. The molecule has 1 aliphatic rings. The summed E-state index contributed by atoms with van der Waals surface area (Å²) in [6.07, 6.45) is 2.14. The SMILES string of the molecule is CC(O)CCN1CC(C)CC(C)C1. The van der Waals surface area contributed by atoms with Crippen LogP contribution in [-0.2, 0) is 0 Å². The van der Waals surface area contributed by atoms with Gasteiger partial charge in [-0.15, -0.1) is 0 Å². The van der Waals surface area contributed by atoms with Gasteiger partial charge in [0.2, 0.25) is 0 Å². The van der Waals surface area contributed by atoms with E-state index in [1.165, 1.54) is 19.5 Å². The number of piperidine rings is 1. The van der Waals surface area contributed by atoms with E-state index in [2.05, 4.69) is 18.7 Å². The monoisotopic (exact) mass is 185 g/mol. The fourth-order valence-corrected chi connectivity index (χ4v) is 2.34. The highest BCUT2D eigenvalue weighted by Gasteiger charge is 2.21. The molecule has 3 atom stereocenters. The first kappa shape index (κ1) is 11.0. The van der Waals surface area contributed by atoms with Crippen molar-refractivity contribution in [2.24, 2.45) is 11.8 Å². The molecular formula is C11H23NO. The summed E-state index contributed by atoms with van der Waals surface area (Å²) >= 11 is 0. The highest BCUT2D eigenvalue weighted by atomic mass is 16.3. The molecule has 13 heavy (non-hydrogen) atoms. The van der Waals surface area contributed by atoms with E-state index in [-0.39, 0.29) is 6.10 Å². The maximum atomic E-state index is 9.19. The zero-order valence-electron chi connectivity index (χ0n) is 9.16. The fraction of sp³-hybridized carbons (Fsp3) is 1.00. The van der Waals surface area contributed by atoms with Gasteiger partial charge < -0.3 is 10.0 Å². The third-order valence-corrected chi connectivity index (χ3v) is 2.81. The average Bonchev–Trinajstić information content (AvgIpc) is 1.99. The molecule has 0 aliphatic carbocycles. The smallest absolute Gasteiger partial charge is 0.0524 e. The van der Waals surface area contributed by atoms with Gasteiger partial charge in [-0.25, -0.2) is 0 Å². The van der Waals surface area contributed by atoms with E-state index in [0.717, 1.165) is 24.8 Å². The van der Waals surface area contributed by atoms with E-state index in [9.17, 15) is 5.11 Å². The first-order valence-electron chi connectivity index (χ1n) is 5.48.